The maximum atomic E-state index is 12.6. The van der Waals surface area contributed by atoms with E-state index in [0.29, 0.717) is 21.4 Å². The summed E-state index contributed by atoms with van der Waals surface area (Å²) in [4.78, 5) is 20.2. The fourth-order valence-electron chi connectivity index (χ4n) is 1.47. The highest BCUT2D eigenvalue weighted by atomic mass is 32.1. The SMILES string of the molecule is CCNc1nc(C)c(C(=O)NNc2ccc(F)nc2)s1. The molecule has 0 aliphatic rings. The zero-order valence-electron chi connectivity index (χ0n) is 11.0. The molecule has 6 nitrogen and oxygen atoms in total. The number of nitrogens with one attached hydrogen (secondary N) is 3. The van der Waals surface area contributed by atoms with Crippen LogP contribution in [0.1, 0.15) is 22.3 Å². The molecule has 8 heteroatoms. The van der Waals surface area contributed by atoms with Crippen LogP contribution in [0.4, 0.5) is 15.2 Å². The monoisotopic (exact) mass is 295 g/mol. The molecule has 0 saturated heterocycles. The van der Waals surface area contributed by atoms with E-state index in [1.54, 1.807) is 6.92 Å². The Hall–Kier alpha value is -2.22. The molecule has 2 rings (SSSR count). The first-order valence-electron chi connectivity index (χ1n) is 5.99. The van der Waals surface area contributed by atoms with Crippen molar-refractivity contribution in [3.8, 4) is 0 Å². The first kappa shape index (κ1) is 14.2. The topological polar surface area (TPSA) is 78.9 Å². The van der Waals surface area contributed by atoms with Crippen molar-refractivity contribution in [2.75, 3.05) is 17.3 Å². The van der Waals surface area contributed by atoms with Crippen LogP contribution in [0.2, 0.25) is 0 Å². The number of hydrogen-bond acceptors (Lipinski definition) is 6. The molecule has 0 bridgehead atoms. The van der Waals surface area contributed by atoms with Crippen LogP contribution in [0.5, 0.6) is 0 Å². The molecule has 106 valence electrons. The minimum atomic E-state index is -0.574. The number of nitrogens with zero attached hydrogens (tertiary/aromatic N) is 2. The Balaban J connectivity index is 1.99. The lowest BCUT2D eigenvalue weighted by Crippen LogP contribution is -2.29. The fourth-order valence-corrected chi connectivity index (χ4v) is 2.40. The van der Waals surface area contributed by atoms with Crippen LogP contribution in [0, 0.1) is 12.9 Å². The van der Waals surface area contributed by atoms with Gasteiger partial charge in [0.2, 0.25) is 5.95 Å². The third-order valence-electron chi connectivity index (χ3n) is 2.38. The van der Waals surface area contributed by atoms with Crippen molar-refractivity contribution < 1.29 is 9.18 Å². The molecule has 0 atom stereocenters. The lowest BCUT2D eigenvalue weighted by atomic mass is 10.4. The molecule has 2 aromatic rings. The number of aromatic nitrogens is 2. The number of carbonyl (C=O) groups excluding carboxylic acids is 1. The van der Waals surface area contributed by atoms with Crippen molar-refractivity contribution in [1.82, 2.24) is 15.4 Å². The summed E-state index contributed by atoms with van der Waals surface area (Å²) in [6.45, 7) is 4.47. The van der Waals surface area contributed by atoms with Gasteiger partial charge in [-0.15, -0.1) is 0 Å². The molecule has 0 spiro atoms. The van der Waals surface area contributed by atoms with E-state index in [9.17, 15) is 9.18 Å². The summed E-state index contributed by atoms with van der Waals surface area (Å²) in [5, 5.41) is 3.77. The molecular formula is C12H14FN5OS. The summed E-state index contributed by atoms with van der Waals surface area (Å²) >= 11 is 1.28. The van der Waals surface area contributed by atoms with Gasteiger partial charge in [-0.2, -0.15) is 4.39 Å². The van der Waals surface area contributed by atoms with Crippen LogP contribution >= 0.6 is 11.3 Å². The number of halogens is 1. The van der Waals surface area contributed by atoms with Gasteiger partial charge in [0.05, 0.1) is 17.6 Å². The number of hydrazine groups is 1. The van der Waals surface area contributed by atoms with Crippen molar-refractivity contribution in [1.29, 1.82) is 0 Å². The lowest BCUT2D eigenvalue weighted by Gasteiger charge is -2.06. The minimum Gasteiger partial charge on any atom is -0.362 e. The van der Waals surface area contributed by atoms with Gasteiger partial charge in [0.15, 0.2) is 5.13 Å². The largest absolute Gasteiger partial charge is 0.362 e. The first-order chi connectivity index (χ1) is 9.60. The number of pyridine rings is 1. The van der Waals surface area contributed by atoms with Crippen molar-refractivity contribution in [3.63, 3.8) is 0 Å². The molecule has 0 aliphatic heterocycles. The van der Waals surface area contributed by atoms with Crippen LogP contribution in [0.3, 0.4) is 0 Å². The second kappa shape index (κ2) is 6.29. The summed E-state index contributed by atoms with van der Waals surface area (Å²) in [5.41, 5.74) is 6.34. The van der Waals surface area contributed by atoms with E-state index in [4.69, 9.17) is 0 Å². The van der Waals surface area contributed by atoms with E-state index in [1.165, 1.54) is 29.7 Å². The van der Waals surface area contributed by atoms with Crippen molar-refractivity contribution >= 4 is 28.1 Å². The zero-order valence-corrected chi connectivity index (χ0v) is 11.8. The number of rotatable bonds is 5. The summed E-state index contributed by atoms with van der Waals surface area (Å²) in [6.07, 6.45) is 1.29. The molecule has 0 unspecified atom stereocenters. The predicted molar refractivity (Wildman–Crippen MR) is 76.3 cm³/mol. The Morgan fingerprint density at radius 2 is 2.25 bits per heavy atom. The van der Waals surface area contributed by atoms with Crippen molar-refractivity contribution in [3.05, 3.63) is 34.8 Å². The van der Waals surface area contributed by atoms with Gasteiger partial charge in [-0.25, -0.2) is 9.97 Å². The van der Waals surface area contributed by atoms with E-state index >= 15 is 0 Å². The first-order valence-corrected chi connectivity index (χ1v) is 6.81. The Morgan fingerprint density at radius 3 is 2.90 bits per heavy atom. The Kier molecular flexibility index (Phi) is 4.46. The average molecular weight is 295 g/mol. The van der Waals surface area contributed by atoms with Gasteiger partial charge < -0.3 is 5.32 Å². The van der Waals surface area contributed by atoms with Gasteiger partial charge in [-0.05, 0) is 26.0 Å². The van der Waals surface area contributed by atoms with E-state index in [0.717, 1.165) is 6.54 Å². The lowest BCUT2D eigenvalue weighted by molar-refractivity contribution is 0.0966. The summed E-state index contributed by atoms with van der Waals surface area (Å²) < 4.78 is 12.6. The third-order valence-corrected chi connectivity index (χ3v) is 3.49. The second-order valence-electron chi connectivity index (χ2n) is 3.91. The van der Waals surface area contributed by atoms with E-state index in [2.05, 4.69) is 26.1 Å². The maximum absolute atomic E-state index is 12.6. The highest BCUT2D eigenvalue weighted by Crippen LogP contribution is 2.22. The van der Waals surface area contributed by atoms with Gasteiger partial charge >= 0.3 is 0 Å². The van der Waals surface area contributed by atoms with Crippen LogP contribution in [-0.2, 0) is 0 Å². The number of thiazole rings is 1. The van der Waals surface area contributed by atoms with E-state index in [-0.39, 0.29) is 5.91 Å². The third kappa shape index (κ3) is 3.41. The number of carbonyl (C=O) groups is 1. The number of amides is 1. The standard InChI is InChI=1S/C12H14FN5OS/c1-3-14-12-16-7(2)10(20-12)11(19)18-17-8-4-5-9(13)15-6-8/h4-6,17H,3H2,1-2H3,(H,14,16)(H,18,19). The van der Waals surface area contributed by atoms with Gasteiger partial charge in [0.25, 0.3) is 5.91 Å². The minimum absolute atomic E-state index is 0.298. The molecule has 3 N–H and O–H groups in total. The average Bonchev–Trinajstić information content (AvgIpc) is 2.79. The van der Waals surface area contributed by atoms with Crippen molar-refractivity contribution in [2.45, 2.75) is 13.8 Å². The number of hydrogen-bond donors (Lipinski definition) is 3. The molecule has 0 radical (unpaired) electrons. The molecule has 0 saturated carbocycles. The Bertz CT molecular complexity index is 598. The summed E-state index contributed by atoms with van der Waals surface area (Å²) in [5.74, 6) is -0.871. The number of aryl methyl sites for hydroxylation is 1. The molecule has 0 aliphatic carbocycles. The fraction of sp³-hybridized carbons (Fsp3) is 0.250. The molecule has 0 aromatic carbocycles. The Labute approximate surface area is 119 Å². The molecule has 0 fully saturated rings. The second-order valence-corrected chi connectivity index (χ2v) is 4.91. The number of anilines is 2. The van der Waals surface area contributed by atoms with E-state index in [1.807, 2.05) is 6.92 Å². The zero-order chi connectivity index (χ0) is 14.5. The van der Waals surface area contributed by atoms with Gasteiger partial charge in [-0.3, -0.25) is 15.6 Å². The van der Waals surface area contributed by atoms with Gasteiger partial charge in [-0.1, -0.05) is 11.3 Å². The quantitative estimate of drug-likeness (QED) is 0.582. The Morgan fingerprint density at radius 1 is 1.45 bits per heavy atom. The summed E-state index contributed by atoms with van der Waals surface area (Å²) in [6, 6.07) is 2.68. The molecule has 2 heterocycles. The van der Waals surface area contributed by atoms with E-state index < -0.39 is 5.95 Å². The van der Waals surface area contributed by atoms with Crippen LogP contribution in [0.15, 0.2) is 18.3 Å². The highest BCUT2D eigenvalue weighted by Gasteiger charge is 2.14. The van der Waals surface area contributed by atoms with Crippen LogP contribution < -0.4 is 16.2 Å². The van der Waals surface area contributed by atoms with Crippen molar-refractivity contribution in [2.24, 2.45) is 0 Å². The maximum Gasteiger partial charge on any atom is 0.281 e. The predicted octanol–water partition coefficient (Wildman–Crippen LogP) is 2.17. The highest BCUT2D eigenvalue weighted by molar-refractivity contribution is 7.17. The summed E-state index contributed by atoms with van der Waals surface area (Å²) in [7, 11) is 0. The molecular weight excluding hydrogens is 281 g/mol. The normalized spacial score (nSPS) is 10.2. The molecule has 2 aromatic heterocycles. The van der Waals surface area contributed by atoms with Gasteiger partial charge in [0.1, 0.15) is 4.88 Å². The molecule has 20 heavy (non-hydrogen) atoms. The molecule has 1 amide bonds. The smallest absolute Gasteiger partial charge is 0.281 e. The van der Waals surface area contributed by atoms with Crippen LogP contribution in [0.25, 0.3) is 0 Å². The van der Waals surface area contributed by atoms with Gasteiger partial charge in [0, 0.05) is 6.54 Å². The van der Waals surface area contributed by atoms with Crippen LogP contribution in [-0.4, -0.2) is 22.4 Å².